The highest BCUT2D eigenvalue weighted by Gasteiger charge is 2.04. The lowest BCUT2D eigenvalue weighted by Crippen LogP contribution is -2.29. The molecule has 1 amide bonds. The van der Waals surface area contributed by atoms with Gasteiger partial charge in [0.2, 0.25) is 0 Å². The van der Waals surface area contributed by atoms with Gasteiger partial charge < -0.3 is 16.4 Å². The average Bonchev–Trinajstić information content (AvgIpc) is 2.46. The zero-order valence-corrected chi connectivity index (χ0v) is 11.3. The maximum Gasteiger partial charge on any atom is 0.251 e. The first kappa shape index (κ1) is 13.8. The van der Waals surface area contributed by atoms with Gasteiger partial charge >= 0.3 is 0 Å². The van der Waals surface area contributed by atoms with Crippen LogP contribution in [0.4, 0.5) is 11.5 Å². The zero-order chi connectivity index (χ0) is 14.4. The molecule has 6 heteroatoms. The normalized spacial score (nSPS) is 10.1. The van der Waals surface area contributed by atoms with Gasteiger partial charge in [-0.1, -0.05) is 0 Å². The fourth-order valence-electron chi connectivity index (χ4n) is 1.74. The van der Waals surface area contributed by atoms with Crippen molar-refractivity contribution < 1.29 is 4.79 Å². The summed E-state index contributed by atoms with van der Waals surface area (Å²) < 4.78 is 0. The van der Waals surface area contributed by atoms with Crippen molar-refractivity contribution in [1.82, 2.24) is 15.3 Å². The van der Waals surface area contributed by atoms with Crippen LogP contribution in [-0.2, 0) is 0 Å². The molecule has 0 fully saturated rings. The smallest absolute Gasteiger partial charge is 0.251 e. The van der Waals surface area contributed by atoms with E-state index in [0.717, 1.165) is 11.4 Å². The molecule has 0 aliphatic rings. The first-order valence-corrected chi connectivity index (χ1v) is 6.31. The lowest BCUT2D eigenvalue weighted by molar-refractivity contribution is 0.0955. The van der Waals surface area contributed by atoms with Crippen LogP contribution < -0.4 is 16.4 Å². The van der Waals surface area contributed by atoms with Crippen molar-refractivity contribution in [1.29, 1.82) is 0 Å². The van der Waals surface area contributed by atoms with Crippen molar-refractivity contribution in [2.45, 2.75) is 6.92 Å². The number of carbonyl (C=O) groups excluding carboxylic acids is 1. The van der Waals surface area contributed by atoms with Crippen LogP contribution in [0, 0.1) is 6.92 Å². The number of pyridine rings is 2. The summed E-state index contributed by atoms with van der Waals surface area (Å²) in [7, 11) is 0. The fraction of sp³-hybridized carbons (Fsp3) is 0.214. The summed E-state index contributed by atoms with van der Waals surface area (Å²) in [6, 6.07) is 5.20. The number of amides is 1. The van der Waals surface area contributed by atoms with Gasteiger partial charge in [-0.15, -0.1) is 0 Å². The van der Waals surface area contributed by atoms with E-state index >= 15 is 0 Å². The van der Waals surface area contributed by atoms with E-state index in [-0.39, 0.29) is 5.91 Å². The zero-order valence-electron chi connectivity index (χ0n) is 11.3. The van der Waals surface area contributed by atoms with Gasteiger partial charge in [-0.2, -0.15) is 0 Å². The molecule has 104 valence electrons. The van der Waals surface area contributed by atoms with Gasteiger partial charge in [0.25, 0.3) is 5.91 Å². The van der Waals surface area contributed by atoms with Crippen LogP contribution in [0.2, 0.25) is 0 Å². The molecular formula is C14H17N5O. The Balaban J connectivity index is 1.78. The predicted octanol–water partition coefficient (Wildman–Crippen LogP) is 1.21. The van der Waals surface area contributed by atoms with Crippen LogP contribution in [0.1, 0.15) is 15.9 Å². The summed E-state index contributed by atoms with van der Waals surface area (Å²) in [5.74, 6) is 0.661. The molecule has 0 aliphatic heterocycles. The van der Waals surface area contributed by atoms with Gasteiger partial charge in [-0.25, -0.2) is 4.98 Å². The Labute approximate surface area is 117 Å². The second-order valence-electron chi connectivity index (χ2n) is 4.35. The maximum atomic E-state index is 11.8. The Kier molecular flexibility index (Phi) is 4.49. The molecule has 0 aromatic carbocycles. The Bertz CT molecular complexity index is 585. The van der Waals surface area contributed by atoms with Crippen LogP contribution in [0.5, 0.6) is 0 Å². The van der Waals surface area contributed by atoms with E-state index in [4.69, 9.17) is 5.73 Å². The Morgan fingerprint density at radius 1 is 1.30 bits per heavy atom. The first-order chi connectivity index (χ1) is 9.66. The number of carbonyl (C=O) groups is 1. The molecule has 0 saturated heterocycles. The monoisotopic (exact) mass is 271 g/mol. The molecule has 20 heavy (non-hydrogen) atoms. The number of nitrogens with two attached hydrogens (primary N) is 1. The van der Waals surface area contributed by atoms with Gasteiger partial charge in [0.1, 0.15) is 5.82 Å². The summed E-state index contributed by atoms with van der Waals surface area (Å²) in [5.41, 5.74) is 7.85. The summed E-state index contributed by atoms with van der Waals surface area (Å²) in [4.78, 5) is 19.8. The Hall–Kier alpha value is -2.63. The van der Waals surface area contributed by atoms with Gasteiger partial charge in [0.15, 0.2) is 0 Å². The molecule has 0 atom stereocenters. The van der Waals surface area contributed by atoms with E-state index in [2.05, 4.69) is 20.6 Å². The van der Waals surface area contributed by atoms with Crippen molar-refractivity contribution >= 4 is 17.4 Å². The van der Waals surface area contributed by atoms with Crippen molar-refractivity contribution in [2.24, 2.45) is 0 Å². The topological polar surface area (TPSA) is 92.9 Å². The molecule has 0 bridgehead atoms. The number of rotatable bonds is 5. The minimum absolute atomic E-state index is 0.115. The summed E-state index contributed by atoms with van der Waals surface area (Å²) in [6.45, 7) is 3.03. The lowest BCUT2D eigenvalue weighted by atomic mass is 10.2. The van der Waals surface area contributed by atoms with E-state index in [1.807, 2.05) is 13.0 Å². The SMILES string of the molecule is Cc1cc(N)cnc1NCCNC(=O)c1ccncc1. The van der Waals surface area contributed by atoms with Crippen molar-refractivity contribution in [3.8, 4) is 0 Å². The highest BCUT2D eigenvalue weighted by molar-refractivity contribution is 5.93. The van der Waals surface area contributed by atoms with Crippen LogP contribution in [-0.4, -0.2) is 29.0 Å². The van der Waals surface area contributed by atoms with Crippen molar-refractivity contribution in [3.63, 3.8) is 0 Å². The molecule has 2 aromatic rings. The van der Waals surface area contributed by atoms with Crippen molar-refractivity contribution in [3.05, 3.63) is 47.9 Å². The van der Waals surface area contributed by atoms with Crippen LogP contribution in [0.15, 0.2) is 36.8 Å². The van der Waals surface area contributed by atoms with Gasteiger partial charge in [-0.05, 0) is 30.7 Å². The minimum Gasteiger partial charge on any atom is -0.397 e. The predicted molar refractivity (Wildman–Crippen MR) is 78.4 cm³/mol. The molecule has 0 aliphatic carbocycles. The average molecular weight is 271 g/mol. The van der Waals surface area contributed by atoms with Crippen LogP contribution in [0.3, 0.4) is 0 Å². The number of aromatic nitrogens is 2. The number of nitrogen functional groups attached to an aromatic ring is 1. The first-order valence-electron chi connectivity index (χ1n) is 6.31. The molecule has 4 N–H and O–H groups in total. The van der Waals surface area contributed by atoms with Gasteiger partial charge in [-0.3, -0.25) is 9.78 Å². The largest absolute Gasteiger partial charge is 0.397 e. The quantitative estimate of drug-likeness (QED) is 0.711. The molecule has 2 aromatic heterocycles. The molecule has 0 unspecified atom stereocenters. The van der Waals surface area contributed by atoms with Gasteiger partial charge in [0.05, 0.1) is 11.9 Å². The number of aryl methyl sites for hydroxylation is 1. The number of hydrogen-bond donors (Lipinski definition) is 3. The third-order valence-corrected chi connectivity index (χ3v) is 2.74. The van der Waals surface area contributed by atoms with E-state index in [0.29, 0.717) is 24.3 Å². The van der Waals surface area contributed by atoms with E-state index < -0.39 is 0 Å². The second kappa shape index (κ2) is 6.51. The van der Waals surface area contributed by atoms with E-state index in [1.54, 1.807) is 30.7 Å². The number of hydrogen-bond acceptors (Lipinski definition) is 5. The van der Waals surface area contributed by atoms with Gasteiger partial charge in [0, 0.05) is 31.0 Å². The number of nitrogens with zero attached hydrogens (tertiary/aromatic N) is 2. The summed E-state index contributed by atoms with van der Waals surface area (Å²) in [5, 5.41) is 5.97. The second-order valence-corrected chi connectivity index (χ2v) is 4.35. The minimum atomic E-state index is -0.115. The Morgan fingerprint density at radius 3 is 2.75 bits per heavy atom. The molecular weight excluding hydrogens is 254 g/mol. The highest BCUT2D eigenvalue weighted by Crippen LogP contribution is 2.13. The van der Waals surface area contributed by atoms with Crippen molar-refractivity contribution in [2.75, 3.05) is 24.1 Å². The Morgan fingerprint density at radius 2 is 2.05 bits per heavy atom. The van der Waals surface area contributed by atoms with E-state index in [9.17, 15) is 4.79 Å². The third kappa shape index (κ3) is 3.68. The molecule has 0 saturated carbocycles. The van der Waals surface area contributed by atoms with Crippen LogP contribution in [0.25, 0.3) is 0 Å². The lowest BCUT2D eigenvalue weighted by Gasteiger charge is -2.09. The molecule has 0 spiro atoms. The third-order valence-electron chi connectivity index (χ3n) is 2.74. The maximum absolute atomic E-state index is 11.8. The molecule has 6 nitrogen and oxygen atoms in total. The van der Waals surface area contributed by atoms with Crippen LogP contribution >= 0.6 is 0 Å². The highest BCUT2D eigenvalue weighted by atomic mass is 16.1. The molecule has 2 rings (SSSR count). The molecule has 2 heterocycles. The summed E-state index contributed by atoms with van der Waals surface area (Å²) >= 11 is 0. The summed E-state index contributed by atoms with van der Waals surface area (Å²) in [6.07, 6.45) is 4.79. The molecule has 0 radical (unpaired) electrons. The fourth-order valence-corrected chi connectivity index (χ4v) is 1.74. The standard InChI is InChI=1S/C14H17N5O/c1-10-8-12(15)9-19-13(10)17-6-7-18-14(20)11-2-4-16-5-3-11/h2-5,8-9H,6-7,15H2,1H3,(H,17,19)(H,18,20). The van der Waals surface area contributed by atoms with E-state index in [1.165, 1.54) is 0 Å². The number of nitrogens with one attached hydrogen (secondary N) is 2. The number of anilines is 2.